The van der Waals surface area contributed by atoms with Crippen LogP contribution in [-0.4, -0.2) is 12.1 Å². The summed E-state index contributed by atoms with van der Waals surface area (Å²) in [6.45, 7) is 7.44. The molecule has 0 aliphatic rings. The summed E-state index contributed by atoms with van der Waals surface area (Å²) in [5, 5.41) is 11.2. The zero-order valence-corrected chi connectivity index (χ0v) is 19.5. The highest BCUT2D eigenvalue weighted by molar-refractivity contribution is 5.90. The van der Waals surface area contributed by atoms with Crippen LogP contribution in [0, 0.1) is 11.6 Å². The molecular formula is C26H28F2N4O2. The number of carbonyl (C=O) groups excluding carboxylic acids is 2. The van der Waals surface area contributed by atoms with Crippen molar-refractivity contribution in [1.82, 2.24) is 10.6 Å². The molecule has 6 nitrogen and oxygen atoms in total. The summed E-state index contributed by atoms with van der Waals surface area (Å²) in [5.41, 5.74) is 1.11. The molecule has 0 saturated heterocycles. The van der Waals surface area contributed by atoms with Crippen LogP contribution in [0.25, 0.3) is 0 Å². The van der Waals surface area contributed by atoms with Gasteiger partial charge in [0.25, 0.3) is 0 Å². The molecule has 0 spiro atoms. The van der Waals surface area contributed by atoms with Crippen molar-refractivity contribution in [2.45, 2.75) is 38.8 Å². The van der Waals surface area contributed by atoms with E-state index in [-0.39, 0.29) is 11.6 Å². The third kappa shape index (κ3) is 6.54. The Labute approximate surface area is 197 Å². The molecule has 0 fully saturated rings. The van der Waals surface area contributed by atoms with Gasteiger partial charge < -0.3 is 21.3 Å². The monoisotopic (exact) mass is 466 g/mol. The fourth-order valence-electron chi connectivity index (χ4n) is 3.40. The molecule has 0 aromatic heterocycles. The molecule has 4 amide bonds. The van der Waals surface area contributed by atoms with Crippen LogP contribution in [0.1, 0.15) is 38.8 Å². The van der Waals surface area contributed by atoms with Crippen molar-refractivity contribution < 1.29 is 18.4 Å². The predicted octanol–water partition coefficient (Wildman–Crippen LogP) is 6.08. The van der Waals surface area contributed by atoms with E-state index in [9.17, 15) is 18.4 Å². The first-order valence-corrected chi connectivity index (χ1v) is 10.8. The molecule has 3 aromatic carbocycles. The van der Waals surface area contributed by atoms with E-state index in [4.69, 9.17) is 0 Å². The van der Waals surface area contributed by atoms with Gasteiger partial charge in [0.1, 0.15) is 11.6 Å². The second-order valence-corrected chi connectivity index (χ2v) is 9.00. The van der Waals surface area contributed by atoms with Crippen molar-refractivity contribution in [3.63, 3.8) is 0 Å². The fraction of sp³-hybridized carbons (Fsp3) is 0.231. The Hall–Kier alpha value is -3.94. The maximum absolute atomic E-state index is 13.1. The second-order valence-electron chi connectivity index (χ2n) is 9.00. The minimum absolute atomic E-state index is 0.384. The summed E-state index contributed by atoms with van der Waals surface area (Å²) in [7, 11) is 0. The van der Waals surface area contributed by atoms with Crippen LogP contribution in [0.15, 0.2) is 72.8 Å². The van der Waals surface area contributed by atoms with Gasteiger partial charge >= 0.3 is 12.1 Å². The molecule has 3 rings (SSSR count). The number of anilines is 2. The van der Waals surface area contributed by atoms with Crippen LogP contribution in [0.3, 0.4) is 0 Å². The number of amides is 4. The Kier molecular flexibility index (Phi) is 7.20. The lowest BCUT2D eigenvalue weighted by atomic mass is 9.87. The number of benzene rings is 3. The van der Waals surface area contributed by atoms with Gasteiger partial charge in [-0.3, -0.25) is 0 Å². The van der Waals surface area contributed by atoms with E-state index in [1.807, 2.05) is 52.0 Å². The lowest BCUT2D eigenvalue weighted by Gasteiger charge is -2.31. The smallest absolute Gasteiger partial charge is 0.319 e. The maximum atomic E-state index is 13.1. The largest absolute Gasteiger partial charge is 0.329 e. The number of nitrogens with one attached hydrogen (secondary N) is 4. The van der Waals surface area contributed by atoms with Gasteiger partial charge in [0.15, 0.2) is 0 Å². The number of rotatable bonds is 6. The highest BCUT2D eigenvalue weighted by atomic mass is 19.1. The Bertz CT molecular complexity index is 1070. The van der Waals surface area contributed by atoms with Crippen LogP contribution in [0.5, 0.6) is 0 Å². The predicted molar refractivity (Wildman–Crippen MR) is 130 cm³/mol. The number of hydrogen-bond donors (Lipinski definition) is 4. The van der Waals surface area contributed by atoms with Gasteiger partial charge in [-0.25, -0.2) is 18.4 Å². The van der Waals surface area contributed by atoms with Crippen molar-refractivity contribution in [3.05, 3.63) is 95.6 Å². The molecule has 0 aliphatic heterocycles. The van der Waals surface area contributed by atoms with E-state index in [0.29, 0.717) is 11.4 Å². The van der Waals surface area contributed by atoms with E-state index in [0.717, 1.165) is 11.1 Å². The molecule has 0 atom stereocenters. The average molecular weight is 467 g/mol. The third-order valence-electron chi connectivity index (χ3n) is 5.36. The van der Waals surface area contributed by atoms with Crippen LogP contribution in [0.4, 0.5) is 29.7 Å². The van der Waals surface area contributed by atoms with Gasteiger partial charge in [0, 0.05) is 11.4 Å². The molecule has 0 bridgehead atoms. The Morgan fingerprint density at radius 3 is 1.32 bits per heavy atom. The minimum atomic E-state index is -0.743. The number of halogens is 2. The Morgan fingerprint density at radius 1 is 0.618 bits per heavy atom. The van der Waals surface area contributed by atoms with Gasteiger partial charge in [-0.05, 0) is 87.4 Å². The standard InChI is InChI=1S/C26H28F2N4O2/c1-25(2,31-23(33)29-21-12-8-19(27)9-13-21)17-6-5-7-18(16-17)26(3,4)32-24(34)30-22-14-10-20(28)11-15-22/h5-16H,1-4H3,(H2,29,31,33)(H2,30,32,34). The summed E-state index contributed by atoms with van der Waals surface area (Å²) >= 11 is 0. The topological polar surface area (TPSA) is 82.3 Å². The molecule has 178 valence electrons. The van der Waals surface area contributed by atoms with Crippen molar-refractivity contribution in [2.24, 2.45) is 0 Å². The van der Waals surface area contributed by atoms with Crippen LogP contribution >= 0.6 is 0 Å². The Balaban J connectivity index is 1.68. The number of carbonyl (C=O) groups is 2. The molecular weight excluding hydrogens is 438 g/mol. The molecule has 0 aliphatic carbocycles. The van der Waals surface area contributed by atoms with E-state index < -0.39 is 23.1 Å². The Morgan fingerprint density at radius 2 is 0.971 bits per heavy atom. The van der Waals surface area contributed by atoms with Crippen LogP contribution in [-0.2, 0) is 11.1 Å². The van der Waals surface area contributed by atoms with Crippen LogP contribution < -0.4 is 21.3 Å². The van der Waals surface area contributed by atoms with E-state index in [1.54, 1.807) is 0 Å². The van der Waals surface area contributed by atoms with Crippen molar-refractivity contribution in [1.29, 1.82) is 0 Å². The fourth-order valence-corrected chi connectivity index (χ4v) is 3.40. The zero-order valence-electron chi connectivity index (χ0n) is 19.5. The second kappa shape index (κ2) is 9.91. The van der Waals surface area contributed by atoms with E-state index in [2.05, 4.69) is 21.3 Å². The first-order chi connectivity index (χ1) is 15.9. The van der Waals surface area contributed by atoms with Gasteiger partial charge in [-0.2, -0.15) is 0 Å². The molecule has 0 unspecified atom stereocenters. The maximum Gasteiger partial charge on any atom is 0.319 e. The van der Waals surface area contributed by atoms with Gasteiger partial charge in [0.2, 0.25) is 0 Å². The first-order valence-electron chi connectivity index (χ1n) is 10.8. The highest BCUT2D eigenvalue weighted by Gasteiger charge is 2.27. The quantitative estimate of drug-likeness (QED) is 0.355. The molecule has 8 heteroatoms. The third-order valence-corrected chi connectivity index (χ3v) is 5.36. The van der Waals surface area contributed by atoms with Gasteiger partial charge in [-0.15, -0.1) is 0 Å². The number of urea groups is 2. The normalized spacial score (nSPS) is 11.5. The summed E-state index contributed by atoms with van der Waals surface area (Å²) in [6.07, 6.45) is 0. The molecule has 3 aromatic rings. The SMILES string of the molecule is CC(C)(NC(=O)Nc1ccc(F)cc1)c1cccc(C(C)(C)NC(=O)Nc2ccc(F)cc2)c1. The number of hydrogen-bond acceptors (Lipinski definition) is 2. The van der Waals surface area contributed by atoms with Crippen molar-refractivity contribution in [2.75, 3.05) is 10.6 Å². The lowest BCUT2D eigenvalue weighted by molar-refractivity contribution is 0.241. The van der Waals surface area contributed by atoms with E-state index in [1.165, 1.54) is 48.5 Å². The summed E-state index contributed by atoms with van der Waals surface area (Å²) in [4.78, 5) is 25.0. The molecule has 0 heterocycles. The molecule has 0 saturated carbocycles. The van der Waals surface area contributed by atoms with Gasteiger partial charge in [-0.1, -0.05) is 24.3 Å². The summed E-state index contributed by atoms with van der Waals surface area (Å²) in [6, 6.07) is 17.7. The van der Waals surface area contributed by atoms with Crippen LogP contribution in [0.2, 0.25) is 0 Å². The first kappa shape index (κ1) is 24.7. The summed E-state index contributed by atoms with van der Waals surface area (Å²) < 4.78 is 26.2. The van der Waals surface area contributed by atoms with Gasteiger partial charge in [0.05, 0.1) is 11.1 Å². The zero-order chi connectivity index (χ0) is 24.9. The lowest BCUT2D eigenvalue weighted by Crippen LogP contribution is -2.45. The van der Waals surface area contributed by atoms with Crippen molar-refractivity contribution in [3.8, 4) is 0 Å². The van der Waals surface area contributed by atoms with Crippen molar-refractivity contribution >= 4 is 23.4 Å². The minimum Gasteiger partial charge on any atom is -0.329 e. The van der Waals surface area contributed by atoms with E-state index >= 15 is 0 Å². The highest BCUT2D eigenvalue weighted by Crippen LogP contribution is 2.27. The summed E-state index contributed by atoms with van der Waals surface area (Å²) in [5.74, 6) is -0.767. The molecule has 4 N–H and O–H groups in total. The average Bonchev–Trinajstić information content (AvgIpc) is 2.76. The molecule has 34 heavy (non-hydrogen) atoms. The molecule has 0 radical (unpaired) electrons.